The number of nitrogens with zero attached hydrogens (tertiary/aromatic N) is 3. The number of hydrogen-bond donors (Lipinski definition) is 1. The van der Waals surface area contributed by atoms with E-state index in [-0.39, 0.29) is 17.6 Å². The molecule has 2 aliphatic rings. The van der Waals surface area contributed by atoms with Crippen LogP contribution in [0.3, 0.4) is 0 Å². The van der Waals surface area contributed by atoms with E-state index in [4.69, 9.17) is 4.74 Å². The topological polar surface area (TPSA) is 86.1 Å². The minimum Gasteiger partial charge on any atom is -0.462 e. The van der Waals surface area contributed by atoms with Crippen LogP contribution in [0.2, 0.25) is 0 Å². The molecule has 4 rings (SSSR count). The molecule has 2 heterocycles. The highest BCUT2D eigenvalue weighted by Gasteiger charge is 2.27. The summed E-state index contributed by atoms with van der Waals surface area (Å²) in [7, 11) is 1.98. The van der Waals surface area contributed by atoms with Gasteiger partial charge in [0.05, 0.1) is 17.9 Å². The zero-order valence-electron chi connectivity index (χ0n) is 18.2. The Balaban J connectivity index is 1.42. The summed E-state index contributed by atoms with van der Waals surface area (Å²) in [6.07, 6.45) is 10.1. The number of anilines is 1. The lowest BCUT2D eigenvalue weighted by Crippen LogP contribution is -2.17. The van der Waals surface area contributed by atoms with Gasteiger partial charge in [-0.25, -0.2) is 4.79 Å². The normalized spacial score (nSPS) is 16.7. The molecular formula is C22H30N4O3S2. The molecule has 31 heavy (non-hydrogen) atoms. The number of amides is 1. The third kappa shape index (κ3) is 4.98. The first-order valence-electron chi connectivity index (χ1n) is 11.2. The fourth-order valence-corrected chi connectivity index (χ4v) is 6.55. The number of rotatable bonds is 7. The maximum absolute atomic E-state index is 12.7. The number of thiophene rings is 1. The van der Waals surface area contributed by atoms with Gasteiger partial charge in [-0.3, -0.25) is 4.79 Å². The standard InChI is InChI=1S/C22H30N4O3S2/c1-3-29-21(28)18-15-11-7-8-12-16(15)31-20(18)23-17(27)13-30-22-25-24-19(26(22)2)14-9-5-4-6-10-14/h14H,3-13H2,1-2H3,(H,23,27). The molecule has 9 heteroatoms. The van der Waals surface area contributed by atoms with Crippen LogP contribution in [0.4, 0.5) is 5.00 Å². The van der Waals surface area contributed by atoms with E-state index in [1.807, 2.05) is 11.6 Å². The van der Waals surface area contributed by atoms with Crippen molar-refractivity contribution < 1.29 is 14.3 Å². The quantitative estimate of drug-likeness (QED) is 0.474. The van der Waals surface area contributed by atoms with Gasteiger partial charge in [-0.05, 0) is 51.0 Å². The van der Waals surface area contributed by atoms with Crippen LogP contribution in [0.5, 0.6) is 0 Å². The van der Waals surface area contributed by atoms with Crippen LogP contribution in [-0.4, -0.2) is 39.0 Å². The summed E-state index contributed by atoms with van der Waals surface area (Å²) in [5.74, 6) is 1.24. The Hall–Kier alpha value is -1.87. The molecule has 1 fully saturated rings. The molecular weight excluding hydrogens is 432 g/mol. The molecule has 0 aromatic carbocycles. The average molecular weight is 463 g/mol. The number of thioether (sulfide) groups is 1. The van der Waals surface area contributed by atoms with E-state index in [9.17, 15) is 9.59 Å². The third-order valence-electron chi connectivity index (χ3n) is 6.08. The molecule has 0 radical (unpaired) electrons. The third-order valence-corrected chi connectivity index (χ3v) is 8.30. The highest BCUT2D eigenvalue weighted by Crippen LogP contribution is 2.39. The first-order valence-corrected chi connectivity index (χ1v) is 13.0. The van der Waals surface area contributed by atoms with Crippen LogP contribution < -0.4 is 5.32 Å². The molecule has 2 aromatic rings. The summed E-state index contributed by atoms with van der Waals surface area (Å²) in [5, 5.41) is 13.1. The van der Waals surface area contributed by atoms with Crippen molar-refractivity contribution in [2.75, 3.05) is 17.7 Å². The maximum atomic E-state index is 12.7. The average Bonchev–Trinajstić information content (AvgIpc) is 3.32. The van der Waals surface area contributed by atoms with Crippen molar-refractivity contribution in [1.82, 2.24) is 14.8 Å². The molecule has 0 atom stereocenters. The summed E-state index contributed by atoms with van der Waals surface area (Å²) in [6, 6.07) is 0. The van der Waals surface area contributed by atoms with E-state index in [1.54, 1.807) is 6.92 Å². The Bertz CT molecular complexity index is 947. The minimum atomic E-state index is -0.338. The van der Waals surface area contributed by atoms with E-state index in [0.29, 0.717) is 23.1 Å². The van der Waals surface area contributed by atoms with Crippen LogP contribution in [-0.2, 0) is 29.4 Å². The summed E-state index contributed by atoms with van der Waals surface area (Å²) in [4.78, 5) is 26.5. The number of fused-ring (bicyclic) bond motifs is 1. The van der Waals surface area contributed by atoms with Gasteiger partial charge in [0.2, 0.25) is 5.91 Å². The van der Waals surface area contributed by atoms with Crippen molar-refractivity contribution >= 4 is 40.0 Å². The van der Waals surface area contributed by atoms with Gasteiger partial charge < -0.3 is 14.6 Å². The van der Waals surface area contributed by atoms with Gasteiger partial charge in [0, 0.05) is 17.8 Å². The molecule has 1 N–H and O–H groups in total. The Morgan fingerprint density at radius 1 is 1.16 bits per heavy atom. The smallest absolute Gasteiger partial charge is 0.341 e. The number of aromatic nitrogens is 3. The molecule has 0 bridgehead atoms. The first kappa shape index (κ1) is 22.3. The molecule has 7 nitrogen and oxygen atoms in total. The van der Waals surface area contributed by atoms with E-state index < -0.39 is 0 Å². The zero-order chi connectivity index (χ0) is 21.8. The predicted octanol–water partition coefficient (Wildman–Crippen LogP) is 4.71. The van der Waals surface area contributed by atoms with Gasteiger partial charge in [0.25, 0.3) is 0 Å². The van der Waals surface area contributed by atoms with Gasteiger partial charge in [0.1, 0.15) is 10.8 Å². The molecule has 0 spiro atoms. The van der Waals surface area contributed by atoms with Crippen LogP contribution in [0.1, 0.15) is 84.4 Å². The number of ether oxygens (including phenoxy) is 1. The van der Waals surface area contributed by atoms with Gasteiger partial charge in [-0.1, -0.05) is 31.0 Å². The van der Waals surface area contributed by atoms with Gasteiger partial charge >= 0.3 is 5.97 Å². The number of carbonyl (C=O) groups excluding carboxylic acids is 2. The second-order valence-electron chi connectivity index (χ2n) is 8.21. The summed E-state index contributed by atoms with van der Waals surface area (Å²) in [6.45, 7) is 2.12. The SMILES string of the molecule is CCOC(=O)c1c(NC(=O)CSc2nnc(C3CCCCC3)n2C)sc2c1CCCC2. The molecule has 2 aromatic heterocycles. The molecule has 0 saturated heterocycles. The fraction of sp³-hybridized carbons (Fsp3) is 0.636. The van der Waals surface area contributed by atoms with E-state index in [1.165, 1.54) is 47.2 Å². The molecule has 0 aliphatic heterocycles. The van der Waals surface area contributed by atoms with Crippen molar-refractivity contribution in [1.29, 1.82) is 0 Å². The number of carbonyl (C=O) groups is 2. The Morgan fingerprint density at radius 3 is 2.71 bits per heavy atom. The highest BCUT2D eigenvalue weighted by atomic mass is 32.2. The van der Waals surface area contributed by atoms with Crippen LogP contribution >= 0.6 is 23.1 Å². The zero-order valence-corrected chi connectivity index (χ0v) is 19.9. The van der Waals surface area contributed by atoms with Crippen molar-refractivity contribution in [3.05, 3.63) is 21.8 Å². The van der Waals surface area contributed by atoms with E-state index in [0.717, 1.165) is 55.1 Å². The Kier molecular flexibility index (Phi) is 7.32. The molecule has 1 amide bonds. The number of hydrogen-bond acceptors (Lipinski definition) is 7. The fourth-order valence-electron chi connectivity index (χ4n) is 4.53. The van der Waals surface area contributed by atoms with Crippen molar-refractivity contribution in [2.45, 2.75) is 75.8 Å². The number of aryl methyl sites for hydroxylation is 1. The summed E-state index contributed by atoms with van der Waals surface area (Å²) >= 11 is 2.90. The van der Waals surface area contributed by atoms with Crippen molar-refractivity contribution in [3.63, 3.8) is 0 Å². The molecule has 1 saturated carbocycles. The predicted molar refractivity (Wildman–Crippen MR) is 123 cm³/mol. The largest absolute Gasteiger partial charge is 0.462 e. The summed E-state index contributed by atoms with van der Waals surface area (Å²) < 4.78 is 7.30. The second-order valence-corrected chi connectivity index (χ2v) is 10.3. The monoisotopic (exact) mass is 462 g/mol. The van der Waals surface area contributed by atoms with Crippen LogP contribution in [0, 0.1) is 0 Å². The lowest BCUT2D eigenvalue weighted by Gasteiger charge is -2.20. The molecule has 168 valence electrons. The van der Waals surface area contributed by atoms with Crippen molar-refractivity contribution in [2.24, 2.45) is 7.05 Å². The van der Waals surface area contributed by atoms with Gasteiger partial charge in [0.15, 0.2) is 5.16 Å². The lowest BCUT2D eigenvalue weighted by atomic mass is 9.89. The van der Waals surface area contributed by atoms with Crippen LogP contribution in [0.25, 0.3) is 0 Å². The maximum Gasteiger partial charge on any atom is 0.341 e. The minimum absolute atomic E-state index is 0.142. The number of esters is 1. The summed E-state index contributed by atoms with van der Waals surface area (Å²) in [5.41, 5.74) is 1.61. The lowest BCUT2D eigenvalue weighted by molar-refractivity contribution is -0.113. The van der Waals surface area contributed by atoms with Gasteiger partial charge in [-0.15, -0.1) is 21.5 Å². The van der Waals surface area contributed by atoms with Crippen molar-refractivity contribution in [3.8, 4) is 0 Å². The molecule has 2 aliphatic carbocycles. The second kappa shape index (κ2) is 10.2. The van der Waals surface area contributed by atoms with E-state index >= 15 is 0 Å². The highest BCUT2D eigenvalue weighted by molar-refractivity contribution is 7.99. The Morgan fingerprint density at radius 2 is 1.94 bits per heavy atom. The van der Waals surface area contributed by atoms with Crippen LogP contribution in [0.15, 0.2) is 5.16 Å². The molecule has 0 unspecified atom stereocenters. The Labute approximate surface area is 191 Å². The first-order chi connectivity index (χ1) is 15.1. The van der Waals surface area contributed by atoms with Gasteiger partial charge in [-0.2, -0.15) is 0 Å². The number of nitrogens with one attached hydrogen (secondary N) is 1. The van der Waals surface area contributed by atoms with E-state index in [2.05, 4.69) is 15.5 Å².